The van der Waals surface area contributed by atoms with Gasteiger partial charge in [-0.15, -0.1) is 0 Å². The molecule has 0 heterocycles. The maximum atomic E-state index is 2.51. The predicted octanol–water partition coefficient (Wildman–Crippen LogP) is 5.88. The van der Waals surface area contributed by atoms with Crippen LogP contribution in [0.15, 0.2) is 41.1 Å². The van der Waals surface area contributed by atoms with Crippen LogP contribution >= 0.6 is 0 Å². The molecule has 102 valence electrons. The van der Waals surface area contributed by atoms with Gasteiger partial charge in [-0.25, -0.2) is 0 Å². The van der Waals surface area contributed by atoms with E-state index < -0.39 is 22.9 Å². The van der Waals surface area contributed by atoms with Gasteiger partial charge in [0.05, 0.1) is 0 Å². The van der Waals surface area contributed by atoms with E-state index in [0.717, 1.165) is 0 Å². The SMILES string of the molecule is CCCC1=CCC(C)=[C]1[Hf][C]1=C(C)CC=C1CCC. The first-order chi connectivity index (χ1) is 9.17. The number of hydrogen-bond donors (Lipinski definition) is 0. The van der Waals surface area contributed by atoms with Gasteiger partial charge in [-0.05, 0) is 0 Å². The third-order valence-electron chi connectivity index (χ3n) is 4.09. The van der Waals surface area contributed by atoms with Crippen LogP contribution in [0.1, 0.15) is 66.2 Å². The van der Waals surface area contributed by atoms with Gasteiger partial charge in [0.2, 0.25) is 0 Å². The Morgan fingerprint density at radius 1 is 0.842 bits per heavy atom. The van der Waals surface area contributed by atoms with Crippen molar-refractivity contribution in [3.8, 4) is 0 Å². The summed E-state index contributed by atoms with van der Waals surface area (Å²) in [4.78, 5) is 0. The van der Waals surface area contributed by atoms with E-state index in [2.05, 4.69) is 39.8 Å². The molecule has 0 aromatic heterocycles. The van der Waals surface area contributed by atoms with Crippen molar-refractivity contribution in [2.45, 2.75) is 66.2 Å². The molecule has 1 heteroatoms. The van der Waals surface area contributed by atoms with Gasteiger partial charge in [-0.2, -0.15) is 0 Å². The van der Waals surface area contributed by atoms with Gasteiger partial charge in [0, 0.05) is 0 Å². The monoisotopic (exact) mass is 422 g/mol. The zero-order chi connectivity index (χ0) is 13.8. The van der Waals surface area contributed by atoms with Crippen LogP contribution in [-0.4, -0.2) is 0 Å². The van der Waals surface area contributed by atoms with E-state index in [1.54, 1.807) is 22.3 Å². The second-order valence-corrected chi connectivity index (χ2v) is 10.3. The molecule has 0 nitrogen and oxygen atoms in total. The third kappa shape index (κ3) is 3.48. The number of allylic oxidation sites excluding steroid dienone is 8. The van der Waals surface area contributed by atoms with Crippen molar-refractivity contribution in [1.82, 2.24) is 0 Å². The van der Waals surface area contributed by atoms with E-state index in [1.165, 1.54) is 38.5 Å². The summed E-state index contributed by atoms with van der Waals surface area (Å²) >= 11 is -0.817. The van der Waals surface area contributed by atoms with Gasteiger partial charge in [-0.3, -0.25) is 0 Å². The zero-order valence-electron chi connectivity index (χ0n) is 12.9. The summed E-state index contributed by atoms with van der Waals surface area (Å²) in [5.74, 6) is 0. The third-order valence-corrected chi connectivity index (χ3v) is 11.3. The average Bonchev–Trinajstić information content (AvgIpc) is 2.90. The van der Waals surface area contributed by atoms with Crippen molar-refractivity contribution in [3.05, 3.63) is 41.1 Å². The van der Waals surface area contributed by atoms with Crippen molar-refractivity contribution in [2.24, 2.45) is 0 Å². The minimum absolute atomic E-state index is 0.817. The molecule has 0 aromatic carbocycles. The van der Waals surface area contributed by atoms with E-state index in [1.807, 2.05) is 6.66 Å². The van der Waals surface area contributed by atoms with Crippen LogP contribution in [0.5, 0.6) is 0 Å². The summed E-state index contributed by atoms with van der Waals surface area (Å²) in [6.45, 7) is 9.36. The first-order valence-corrected chi connectivity index (χ1v) is 11.3. The Morgan fingerprint density at radius 2 is 1.26 bits per heavy atom. The molecule has 2 rings (SSSR count). The second-order valence-electron chi connectivity index (χ2n) is 5.80. The number of hydrogen-bond acceptors (Lipinski definition) is 0. The van der Waals surface area contributed by atoms with Crippen molar-refractivity contribution < 1.29 is 22.9 Å². The van der Waals surface area contributed by atoms with Crippen LogP contribution in [0.4, 0.5) is 0 Å². The summed E-state index contributed by atoms with van der Waals surface area (Å²) in [5.41, 5.74) is 6.81. The summed E-state index contributed by atoms with van der Waals surface area (Å²) in [6.07, 6.45) is 12.7. The Balaban J connectivity index is 2.16. The van der Waals surface area contributed by atoms with Gasteiger partial charge in [0.1, 0.15) is 0 Å². The van der Waals surface area contributed by atoms with Crippen LogP contribution in [0, 0.1) is 0 Å². The zero-order valence-corrected chi connectivity index (χ0v) is 16.5. The Labute approximate surface area is 130 Å². The average molecular weight is 421 g/mol. The summed E-state index contributed by atoms with van der Waals surface area (Å²) < 4.78 is 3.69. The van der Waals surface area contributed by atoms with Crippen LogP contribution in [0.25, 0.3) is 0 Å². The van der Waals surface area contributed by atoms with Crippen LogP contribution < -0.4 is 0 Å². The Hall–Kier alpha value is -0.170. The first-order valence-electron chi connectivity index (χ1n) is 7.72. The van der Waals surface area contributed by atoms with Crippen molar-refractivity contribution in [3.63, 3.8) is 0 Å². The Bertz CT molecular complexity index is 428. The molecule has 19 heavy (non-hydrogen) atoms. The van der Waals surface area contributed by atoms with Crippen molar-refractivity contribution >= 4 is 0 Å². The molecule has 0 fully saturated rings. The molecule has 0 radical (unpaired) electrons. The molecule has 0 unspecified atom stereocenters. The van der Waals surface area contributed by atoms with Crippen molar-refractivity contribution in [1.29, 1.82) is 0 Å². The van der Waals surface area contributed by atoms with E-state index in [-0.39, 0.29) is 0 Å². The fraction of sp³-hybridized carbons (Fsp3) is 0.556. The van der Waals surface area contributed by atoms with Gasteiger partial charge in [0.25, 0.3) is 0 Å². The van der Waals surface area contributed by atoms with Gasteiger partial charge < -0.3 is 0 Å². The summed E-state index contributed by atoms with van der Waals surface area (Å²) in [6, 6.07) is 0. The quantitative estimate of drug-likeness (QED) is 0.471. The minimum atomic E-state index is -0.817. The van der Waals surface area contributed by atoms with Crippen molar-refractivity contribution in [2.75, 3.05) is 0 Å². The molecule has 0 spiro atoms. The Kier molecular flexibility index (Phi) is 5.62. The molecule has 0 aliphatic heterocycles. The fourth-order valence-electron chi connectivity index (χ4n) is 3.00. The molecule has 0 aromatic rings. The molecule has 2 aliphatic rings. The topological polar surface area (TPSA) is 0 Å². The molecular formula is C18H26Hf. The van der Waals surface area contributed by atoms with Crippen LogP contribution in [0.2, 0.25) is 0 Å². The molecular weight excluding hydrogens is 395 g/mol. The van der Waals surface area contributed by atoms with Crippen LogP contribution in [-0.2, 0) is 22.9 Å². The van der Waals surface area contributed by atoms with Gasteiger partial charge in [-0.1, -0.05) is 0 Å². The molecule has 0 saturated heterocycles. The second kappa shape index (κ2) is 7.02. The van der Waals surface area contributed by atoms with E-state index in [9.17, 15) is 0 Å². The normalized spacial score (nSPS) is 19.2. The molecule has 0 bridgehead atoms. The predicted molar refractivity (Wildman–Crippen MR) is 80.6 cm³/mol. The number of rotatable bonds is 6. The maximum absolute atomic E-state index is 2.51. The standard InChI is InChI=1S/2C9H13.Hf/c2*1-3-4-9-6-5-8(2)7-9;/h2*6H,3-5H2,1-2H3;. The summed E-state index contributed by atoms with van der Waals surface area (Å²) in [5, 5.41) is 0. The van der Waals surface area contributed by atoms with E-state index >= 15 is 0 Å². The molecule has 0 saturated carbocycles. The Morgan fingerprint density at radius 3 is 1.63 bits per heavy atom. The molecule has 0 N–H and O–H groups in total. The molecule has 2 aliphatic carbocycles. The van der Waals surface area contributed by atoms with Gasteiger partial charge >= 0.3 is 130 Å². The molecule has 0 amide bonds. The fourth-order valence-corrected chi connectivity index (χ4v) is 8.95. The van der Waals surface area contributed by atoms with E-state index in [0.29, 0.717) is 0 Å². The molecule has 0 atom stereocenters. The first kappa shape index (κ1) is 15.2. The van der Waals surface area contributed by atoms with Crippen LogP contribution in [0.3, 0.4) is 0 Å². The van der Waals surface area contributed by atoms with Gasteiger partial charge in [0.15, 0.2) is 0 Å². The summed E-state index contributed by atoms with van der Waals surface area (Å²) in [7, 11) is 0. The van der Waals surface area contributed by atoms with E-state index in [4.69, 9.17) is 0 Å².